The number of benzene rings is 1. The Hall–Kier alpha value is -2.94. The fourth-order valence-electron chi connectivity index (χ4n) is 2.39. The number of hydrogen-bond donors (Lipinski definition) is 0. The van der Waals surface area contributed by atoms with E-state index in [0.717, 1.165) is 25.2 Å². The van der Waals surface area contributed by atoms with E-state index in [2.05, 4.69) is 4.74 Å². The topological polar surface area (TPSA) is 91.4 Å². The maximum Gasteiger partial charge on any atom is 0.355 e. The molecule has 1 aromatic rings. The van der Waals surface area contributed by atoms with E-state index in [9.17, 15) is 18.8 Å². The number of methoxy groups -OCH3 is 2. The number of carbonyl (C=O) groups excluding carboxylic acids is 3. The molecule has 0 radical (unpaired) electrons. The minimum absolute atomic E-state index is 0.0812. The van der Waals surface area contributed by atoms with Crippen LogP contribution in [0.3, 0.4) is 0 Å². The van der Waals surface area contributed by atoms with Crippen LogP contribution < -0.4 is 4.90 Å². The standard InChI is InChI=1S/C17H18FNO7/c1-4-26-15(20)10-5-6-12(18)13(7-10)19-9-25-8-11(16(21)23-2)14(19)17(22)24-3/h5-7H,4,8-9H2,1-3H3. The van der Waals surface area contributed by atoms with Crippen molar-refractivity contribution in [3.63, 3.8) is 0 Å². The van der Waals surface area contributed by atoms with E-state index in [1.165, 1.54) is 12.1 Å². The summed E-state index contributed by atoms with van der Waals surface area (Å²) in [6, 6.07) is 3.52. The van der Waals surface area contributed by atoms with Crippen molar-refractivity contribution in [2.24, 2.45) is 0 Å². The maximum absolute atomic E-state index is 14.4. The Balaban J connectivity index is 2.57. The predicted molar refractivity (Wildman–Crippen MR) is 86.7 cm³/mol. The van der Waals surface area contributed by atoms with E-state index < -0.39 is 23.7 Å². The molecule has 0 fully saturated rings. The number of esters is 3. The molecule has 140 valence electrons. The van der Waals surface area contributed by atoms with Crippen molar-refractivity contribution in [2.45, 2.75) is 6.92 Å². The van der Waals surface area contributed by atoms with Gasteiger partial charge in [-0.15, -0.1) is 0 Å². The van der Waals surface area contributed by atoms with E-state index in [1.54, 1.807) is 6.92 Å². The average Bonchev–Trinajstić information content (AvgIpc) is 2.66. The lowest BCUT2D eigenvalue weighted by atomic mass is 10.1. The highest BCUT2D eigenvalue weighted by Crippen LogP contribution is 2.30. The number of rotatable bonds is 5. The number of nitrogens with zero attached hydrogens (tertiary/aromatic N) is 1. The zero-order chi connectivity index (χ0) is 19.3. The van der Waals surface area contributed by atoms with Crippen molar-refractivity contribution < 1.29 is 37.7 Å². The summed E-state index contributed by atoms with van der Waals surface area (Å²) in [5.41, 5.74) is -0.397. The summed E-state index contributed by atoms with van der Waals surface area (Å²) in [4.78, 5) is 37.2. The van der Waals surface area contributed by atoms with Gasteiger partial charge in [0.1, 0.15) is 18.2 Å². The summed E-state index contributed by atoms with van der Waals surface area (Å²) >= 11 is 0. The second kappa shape index (κ2) is 8.43. The molecule has 1 aliphatic heterocycles. The summed E-state index contributed by atoms with van der Waals surface area (Å²) in [5, 5.41) is 0. The van der Waals surface area contributed by atoms with E-state index in [1.807, 2.05) is 0 Å². The Morgan fingerprint density at radius 1 is 1.15 bits per heavy atom. The molecule has 1 heterocycles. The maximum atomic E-state index is 14.4. The van der Waals surface area contributed by atoms with Crippen LogP contribution in [-0.2, 0) is 28.5 Å². The number of ether oxygens (including phenoxy) is 4. The Morgan fingerprint density at radius 2 is 1.85 bits per heavy atom. The van der Waals surface area contributed by atoms with Crippen LogP contribution in [-0.4, -0.2) is 52.1 Å². The van der Waals surface area contributed by atoms with Gasteiger partial charge in [-0.2, -0.15) is 0 Å². The van der Waals surface area contributed by atoms with Crippen LogP contribution in [0.15, 0.2) is 29.5 Å². The van der Waals surface area contributed by atoms with Gasteiger partial charge in [0.05, 0.1) is 44.3 Å². The van der Waals surface area contributed by atoms with E-state index >= 15 is 0 Å². The molecule has 8 nitrogen and oxygen atoms in total. The van der Waals surface area contributed by atoms with Gasteiger partial charge in [0.25, 0.3) is 0 Å². The molecule has 26 heavy (non-hydrogen) atoms. The lowest BCUT2D eigenvalue weighted by Gasteiger charge is -2.31. The van der Waals surface area contributed by atoms with Gasteiger partial charge in [0, 0.05) is 0 Å². The molecule has 0 bridgehead atoms. The molecule has 0 unspecified atom stereocenters. The summed E-state index contributed by atoms with van der Waals surface area (Å²) in [7, 11) is 2.27. The van der Waals surface area contributed by atoms with Gasteiger partial charge in [0.2, 0.25) is 0 Å². The van der Waals surface area contributed by atoms with Gasteiger partial charge < -0.3 is 23.8 Å². The molecule has 0 N–H and O–H groups in total. The van der Waals surface area contributed by atoms with Crippen LogP contribution in [0.2, 0.25) is 0 Å². The minimum Gasteiger partial charge on any atom is -0.466 e. The molecule has 1 aromatic carbocycles. The van der Waals surface area contributed by atoms with Gasteiger partial charge in [-0.1, -0.05) is 0 Å². The van der Waals surface area contributed by atoms with Crippen LogP contribution in [0.5, 0.6) is 0 Å². The average molecular weight is 367 g/mol. The van der Waals surface area contributed by atoms with Gasteiger partial charge in [-0.3, -0.25) is 0 Å². The zero-order valence-electron chi connectivity index (χ0n) is 14.5. The normalized spacial score (nSPS) is 14.1. The van der Waals surface area contributed by atoms with Crippen molar-refractivity contribution in [3.8, 4) is 0 Å². The summed E-state index contributed by atoms with van der Waals surface area (Å²) in [6.45, 7) is 1.36. The van der Waals surface area contributed by atoms with Crippen molar-refractivity contribution in [2.75, 3.05) is 39.1 Å². The van der Waals surface area contributed by atoms with Gasteiger partial charge >= 0.3 is 17.9 Å². The van der Waals surface area contributed by atoms with E-state index in [-0.39, 0.29) is 42.5 Å². The number of carbonyl (C=O) groups is 3. The zero-order valence-corrected chi connectivity index (χ0v) is 14.5. The fraction of sp³-hybridized carbons (Fsp3) is 0.353. The molecule has 2 rings (SSSR count). The summed E-state index contributed by atoms with van der Waals surface area (Å²) in [6.07, 6.45) is 0. The second-order valence-corrected chi connectivity index (χ2v) is 5.10. The molecular formula is C17H18FNO7. The van der Waals surface area contributed by atoms with Crippen LogP contribution >= 0.6 is 0 Å². The third kappa shape index (κ3) is 3.83. The fourth-order valence-corrected chi connectivity index (χ4v) is 2.39. The molecular weight excluding hydrogens is 349 g/mol. The third-order valence-electron chi connectivity index (χ3n) is 3.58. The van der Waals surface area contributed by atoms with Gasteiger partial charge in [-0.25, -0.2) is 18.8 Å². The molecule has 0 aromatic heterocycles. The Bertz CT molecular complexity index is 759. The third-order valence-corrected chi connectivity index (χ3v) is 3.58. The van der Waals surface area contributed by atoms with Crippen molar-refractivity contribution in [1.82, 2.24) is 0 Å². The Kier molecular flexibility index (Phi) is 6.29. The molecule has 1 aliphatic rings. The number of halogens is 1. The first-order chi connectivity index (χ1) is 12.4. The Morgan fingerprint density at radius 3 is 2.46 bits per heavy atom. The number of anilines is 1. The molecule has 0 atom stereocenters. The molecule has 0 aliphatic carbocycles. The highest BCUT2D eigenvalue weighted by molar-refractivity contribution is 6.03. The lowest BCUT2D eigenvalue weighted by molar-refractivity contribution is -0.140. The largest absolute Gasteiger partial charge is 0.466 e. The summed E-state index contributed by atoms with van der Waals surface area (Å²) < 4.78 is 33.9. The van der Waals surface area contributed by atoms with E-state index in [0.29, 0.717) is 0 Å². The first kappa shape index (κ1) is 19.4. The van der Waals surface area contributed by atoms with Gasteiger partial charge in [-0.05, 0) is 25.1 Å². The lowest BCUT2D eigenvalue weighted by Crippen LogP contribution is -2.39. The highest BCUT2D eigenvalue weighted by Gasteiger charge is 2.33. The molecule has 0 spiro atoms. The van der Waals surface area contributed by atoms with Gasteiger partial charge in [0.15, 0.2) is 0 Å². The highest BCUT2D eigenvalue weighted by atomic mass is 19.1. The molecule has 0 saturated heterocycles. The van der Waals surface area contributed by atoms with E-state index in [4.69, 9.17) is 14.2 Å². The van der Waals surface area contributed by atoms with Crippen LogP contribution in [0.25, 0.3) is 0 Å². The van der Waals surface area contributed by atoms with Crippen molar-refractivity contribution >= 4 is 23.6 Å². The smallest absolute Gasteiger partial charge is 0.355 e. The minimum atomic E-state index is -0.866. The Labute approximate surface area is 149 Å². The monoisotopic (exact) mass is 367 g/mol. The summed E-state index contributed by atoms with van der Waals surface area (Å²) in [5.74, 6) is -3.05. The first-order valence-corrected chi connectivity index (χ1v) is 7.66. The first-order valence-electron chi connectivity index (χ1n) is 7.66. The molecule has 9 heteroatoms. The molecule has 0 saturated carbocycles. The SMILES string of the molecule is CCOC(=O)c1ccc(F)c(N2COCC(C(=O)OC)=C2C(=O)OC)c1. The van der Waals surface area contributed by atoms with Crippen LogP contribution in [0, 0.1) is 5.82 Å². The number of hydrogen-bond acceptors (Lipinski definition) is 8. The second-order valence-electron chi connectivity index (χ2n) is 5.10. The molecule has 0 amide bonds. The predicted octanol–water partition coefficient (Wildman–Crippen LogP) is 1.40. The van der Waals surface area contributed by atoms with Crippen LogP contribution in [0.4, 0.5) is 10.1 Å². The van der Waals surface area contributed by atoms with Crippen LogP contribution in [0.1, 0.15) is 17.3 Å². The van der Waals surface area contributed by atoms with Crippen molar-refractivity contribution in [1.29, 1.82) is 0 Å². The quantitative estimate of drug-likeness (QED) is 0.570. The van der Waals surface area contributed by atoms with Crippen molar-refractivity contribution in [3.05, 3.63) is 40.8 Å².